The van der Waals surface area contributed by atoms with E-state index in [1.807, 2.05) is 48.7 Å². The summed E-state index contributed by atoms with van der Waals surface area (Å²) in [6.07, 6.45) is 1.88. The highest BCUT2D eigenvalue weighted by atomic mass is 32.2. The van der Waals surface area contributed by atoms with Crippen molar-refractivity contribution in [2.75, 3.05) is 11.6 Å². The Labute approximate surface area is 176 Å². The molecule has 0 heterocycles. The SMILES string of the molecule is CSc1ccc(S(=O)(=O)NCc2ccc3ccccc3c2)cc1NC(=O)C(C)C. The fourth-order valence-electron chi connectivity index (χ4n) is 2.84. The largest absolute Gasteiger partial charge is 0.325 e. The molecule has 1 amide bonds. The smallest absolute Gasteiger partial charge is 0.240 e. The number of rotatable bonds is 7. The Morgan fingerprint density at radius 1 is 1.00 bits per heavy atom. The van der Waals surface area contributed by atoms with Crippen molar-refractivity contribution < 1.29 is 13.2 Å². The van der Waals surface area contributed by atoms with E-state index >= 15 is 0 Å². The molecular weight excluding hydrogens is 404 g/mol. The fraction of sp³-hybridized carbons (Fsp3) is 0.227. The Kier molecular flexibility index (Phi) is 6.62. The van der Waals surface area contributed by atoms with Gasteiger partial charge >= 0.3 is 0 Å². The van der Waals surface area contributed by atoms with E-state index in [0.717, 1.165) is 21.2 Å². The summed E-state index contributed by atoms with van der Waals surface area (Å²) in [6.45, 7) is 3.77. The van der Waals surface area contributed by atoms with Crippen LogP contribution in [0.2, 0.25) is 0 Å². The normalized spacial score (nSPS) is 11.7. The summed E-state index contributed by atoms with van der Waals surface area (Å²) in [7, 11) is -3.73. The molecule has 2 N–H and O–H groups in total. The number of anilines is 1. The van der Waals surface area contributed by atoms with Crippen molar-refractivity contribution in [3.05, 3.63) is 66.2 Å². The summed E-state index contributed by atoms with van der Waals surface area (Å²) in [4.78, 5) is 13.0. The average molecular weight is 429 g/mol. The van der Waals surface area contributed by atoms with Gasteiger partial charge in [0.15, 0.2) is 0 Å². The Morgan fingerprint density at radius 3 is 2.41 bits per heavy atom. The van der Waals surface area contributed by atoms with E-state index in [9.17, 15) is 13.2 Å². The highest BCUT2D eigenvalue weighted by Gasteiger charge is 2.18. The van der Waals surface area contributed by atoms with Gasteiger partial charge in [0.05, 0.1) is 10.6 Å². The van der Waals surface area contributed by atoms with E-state index in [4.69, 9.17) is 0 Å². The van der Waals surface area contributed by atoms with Gasteiger partial charge in [0, 0.05) is 17.4 Å². The molecule has 0 saturated heterocycles. The predicted molar refractivity (Wildman–Crippen MR) is 120 cm³/mol. The van der Waals surface area contributed by atoms with E-state index in [0.29, 0.717) is 5.69 Å². The van der Waals surface area contributed by atoms with Gasteiger partial charge in [0.2, 0.25) is 15.9 Å². The second-order valence-electron chi connectivity index (χ2n) is 7.01. The zero-order valence-corrected chi connectivity index (χ0v) is 18.2. The first kappa shape index (κ1) is 21.4. The van der Waals surface area contributed by atoms with Gasteiger partial charge in [-0.25, -0.2) is 13.1 Å². The second-order valence-corrected chi connectivity index (χ2v) is 9.63. The molecule has 0 radical (unpaired) electrons. The average Bonchev–Trinajstić information content (AvgIpc) is 2.72. The van der Waals surface area contributed by atoms with Gasteiger partial charge in [-0.05, 0) is 46.9 Å². The van der Waals surface area contributed by atoms with Crippen molar-refractivity contribution in [3.8, 4) is 0 Å². The second kappa shape index (κ2) is 8.98. The van der Waals surface area contributed by atoms with Crippen molar-refractivity contribution in [3.63, 3.8) is 0 Å². The molecule has 0 spiro atoms. The van der Waals surface area contributed by atoms with Crippen molar-refractivity contribution in [1.82, 2.24) is 4.72 Å². The standard InChI is InChI=1S/C22H24N2O3S2/c1-15(2)22(25)24-20-13-19(10-11-21(20)28-3)29(26,27)23-14-16-8-9-17-6-4-5-7-18(17)12-16/h4-13,15,23H,14H2,1-3H3,(H,24,25). The van der Waals surface area contributed by atoms with Crippen LogP contribution in [-0.4, -0.2) is 20.6 Å². The third-order valence-electron chi connectivity index (χ3n) is 4.54. The van der Waals surface area contributed by atoms with E-state index < -0.39 is 10.0 Å². The van der Waals surface area contributed by atoms with Crippen LogP contribution in [0.25, 0.3) is 10.8 Å². The Morgan fingerprint density at radius 2 is 1.72 bits per heavy atom. The van der Waals surface area contributed by atoms with Crippen molar-refractivity contribution >= 4 is 44.2 Å². The Balaban J connectivity index is 1.81. The van der Waals surface area contributed by atoms with Crippen LogP contribution >= 0.6 is 11.8 Å². The number of amides is 1. The highest BCUT2D eigenvalue weighted by molar-refractivity contribution is 7.98. The zero-order chi connectivity index (χ0) is 21.0. The van der Waals surface area contributed by atoms with Crippen molar-refractivity contribution in [1.29, 1.82) is 0 Å². The van der Waals surface area contributed by atoms with Crippen molar-refractivity contribution in [2.24, 2.45) is 5.92 Å². The minimum Gasteiger partial charge on any atom is -0.325 e. The van der Waals surface area contributed by atoms with Crippen LogP contribution in [0.15, 0.2) is 70.5 Å². The molecule has 152 valence electrons. The number of carbonyl (C=O) groups is 1. The van der Waals surface area contributed by atoms with Crippen LogP contribution in [0.5, 0.6) is 0 Å². The Hall–Kier alpha value is -2.35. The molecule has 0 atom stereocenters. The third kappa shape index (κ3) is 5.18. The van der Waals surface area contributed by atoms with Crippen LogP contribution in [-0.2, 0) is 21.4 Å². The number of benzene rings is 3. The summed E-state index contributed by atoms with van der Waals surface area (Å²) in [5.41, 5.74) is 1.38. The molecule has 0 aliphatic rings. The number of hydrogen-bond donors (Lipinski definition) is 2. The maximum atomic E-state index is 12.8. The molecule has 0 bridgehead atoms. The number of fused-ring (bicyclic) bond motifs is 1. The summed E-state index contributed by atoms with van der Waals surface area (Å²) in [6, 6.07) is 18.6. The van der Waals surface area contributed by atoms with Crippen LogP contribution in [0.3, 0.4) is 0 Å². The molecule has 0 aromatic heterocycles. The maximum absolute atomic E-state index is 12.8. The van der Waals surface area contributed by atoms with Crippen LogP contribution in [0, 0.1) is 5.92 Å². The lowest BCUT2D eigenvalue weighted by Gasteiger charge is -2.14. The summed E-state index contributed by atoms with van der Waals surface area (Å²) < 4.78 is 28.3. The van der Waals surface area contributed by atoms with Gasteiger partial charge in [0.1, 0.15) is 0 Å². The number of hydrogen-bond acceptors (Lipinski definition) is 4. The number of thioether (sulfide) groups is 1. The third-order valence-corrected chi connectivity index (χ3v) is 6.74. The molecule has 29 heavy (non-hydrogen) atoms. The zero-order valence-electron chi connectivity index (χ0n) is 16.6. The maximum Gasteiger partial charge on any atom is 0.240 e. The summed E-state index contributed by atoms with van der Waals surface area (Å²) >= 11 is 1.45. The lowest BCUT2D eigenvalue weighted by atomic mass is 10.1. The first-order valence-corrected chi connectivity index (χ1v) is 12.0. The minimum absolute atomic E-state index is 0.121. The molecular formula is C22H24N2O3S2. The van der Waals surface area contributed by atoms with Crippen LogP contribution in [0.1, 0.15) is 19.4 Å². The summed E-state index contributed by atoms with van der Waals surface area (Å²) in [5, 5.41) is 4.99. The minimum atomic E-state index is -3.73. The topological polar surface area (TPSA) is 75.3 Å². The molecule has 0 aliphatic carbocycles. The first-order chi connectivity index (χ1) is 13.8. The van der Waals surface area contributed by atoms with Gasteiger partial charge in [-0.2, -0.15) is 0 Å². The lowest BCUT2D eigenvalue weighted by molar-refractivity contribution is -0.118. The molecule has 5 nitrogen and oxygen atoms in total. The van der Waals surface area contributed by atoms with Gasteiger partial charge < -0.3 is 5.32 Å². The summed E-state index contributed by atoms with van der Waals surface area (Å²) in [5.74, 6) is -0.352. The molecule has 0 aliphatic heterocycles. The highest BCUT2D eigenvalue weighted by Crippen LogP contribution is 2.28. The number of carbonyl (C=O) groups excluding carboxylic acids is 1. The van der Waals surface area contributed by atoms with Crippen LogP contribution < -0.4 is 10.0 Å². The number of sulfonamides is 1. The molecule has 0 unspecified atom stereocenters. The van der Waals surface area contributed by atoms with Gasteiger partial charge in [-0.15, -0.1) is 11.8 Å². The van der Waals surface area contributed by atoms with Gasteiger partial charge in [-0.1, -0.05) is 50.2 Å². The Bertz CT molecular complexity index is 1140. The monoisotopic (exact) mass is 428 g/mol. The van der Waals surface area contributed by atoms with E-state index in [-0.39, 0.29) is 23.3 Å². The van der Waals surface area contributed by atoms with Crippen LogP contribution in [0.4, 0.5) is 5.69 Å². The molecule has 0 saturated carbocycles. The number of nitrogens with one attached hydrogen (secondary N) is 2. The van der Waals surface area contributed by atoms with E-state index in [1.54, 1.807) is 26.0 Å². The van der Waals surface area contributed by atoms with Crippen molar-refractivity contribution in [2.45, 2.75) is 30.2 Å². The molecule has 3 aromatic carbocycles. The molecule has 7 heteroatoms. The quantitative estimate of drug-likeness (QED) is 0.538. The predicted octanol–water partition coefficient (Wildman–Crippen LogP) is 4.63. The first-order valence-electron chi connectivity index (χ1n) is 9.26. The van der Waals surface area contributed by atoms with E-state index in [2.05, 4.69) is 10.0 Å². The molecule has 3 rings (SSSR count). The van der Waals surface area contributed by atoms with E-state index in [1.165, 1.54) is 17.8 Å². The van der Waals surface area contributed by atoms with Gasteiger partial charge in [0.25, 0.3) is 0 Å². The lowest BCUT2D eigenvalue weighted by Crippen LogP contribution is -2.24. The van der Waals surface area contributed by atoms with Gasteiger partial charge in [-0.3, -0.25) is 4.79 Å². The molecule has 0 fully saturated rings. The fourth-order valence-corrected chi connectivity index (χ4v) is 4.42. The molecule has 3 aromatic rings.